The van der Waals surface area contributed by atoms with E-state index in [-0.39, 0.29) is 4.99 Å². The van der Waals surface area contributed by atoms with Gasteiger partial charge in [0.1, 0.15) is 0 Å². The third-order valence-corrected chi connectivity index (χ3v) is 6.48. The zero-order chi connectivity index (χ0) is 14.7. The second-order valence-electron chi connectivity index (χ2n) is 6.43. The zero-order valence-corrected chi connectivity index (χ0v) is 13.8. The normalized spacial score (nSPS) is 21.4. The van der Waals surface area contributed by atoms with Gasteiger partial charge in [0.25, 0.3) is 0 Å². The summed E-state index contributed by atoms with van der Waals surface area (Å²) in [7, 11) is -3.45. The van der Waals surface area contributed by atoms with Gasteiger partial charge in [-0.15, -0.1) is 0 Å². The molecule has 3 N–H and O–H groups in total. The van der Waals surface area contributed by atoms with Crippen LogP contribution in [0.2, 0.25) is 0 Å². The van der Waals surface area contributed by atoms with Gasteiger partial charge in [-0.3, -0.25) is 0 Å². The van der Waals surface area contributed by atoms with Crippen LogP contribution in [0.3, 0.4) is 0 Å². The van der Waals surface area contributed by atoms with Crippen molar-refractivity contribution < 1.29 is 8.42 Å². The molecule has 1 rings (SSSR count). The fraction of sp³-hybridized carbons (Fsp3) is 0.923. The molecule has 19 heavy (non-hydrogen) atoms. The molecule has 0 heterocycles. The van der Waals surface area contributed by atoms with E-state index in [4.69, 9.17) is 18.0 Å². The quantitative estimate of drug-likeness (QED) is 0.786. The van der Waals surface area contributed by atoms with Crippen LogP contribution in [-0.2, 0) is 10.0 Å². The SMILES string of the molecule is CC(C)(C)S(=O)(=O)NC1(C(N)=S)CCCCCCC1. The van der Waals surface area contributed by atoms with E-state index in [1.807, 2.05) is 0 Å². The standard InChI is InChI=1S/C13H26N2O2S2/c1-12(2,3)19(16,17)15-13(11(14)18)9-7-5-4-6-8-10-13/h15H,4-10H2,1-3H3,(H2,14,18). The highest BCUT2D eigenvalue weighted by molar-refractivity contribution is 7.91. The number of rotatable bonds is 3. The summed E-state index contributed by atoms with van der Waals surface area (Å²) in [6, 6.07) is 0. The lowest BCUT2D eigenvalue weighted by Crippen LogP contribution is -2.59. The van der Waals surface area contributed by atoms with E-state index in [0.717, 1.165) is 25.7 Å². The van der Waals surface area contributed by atoms with Crippen LogP contribution in [0.15, 0.2) is 0 Å². The third-order valence-electron chi connectivity index (χ3n) is 3.81. The summed E-state index contributed by atoms with van der Waals surface area (Å²) >= 11 is 5.17. The molecule has 4 nitrogen and oxygen atoms in total. The lowest BCUT2D eigenvalue weighted by atomic mass is 9.85. The number of nitrogens with two attached hydrogens (primary N) is 1. The Morgan fingerprint density at radius 3 is 1.89 bits per heavy atom. The third kappa shape index (κ3) is 4.13. The van der Waals surface area contributed by atoms with Gasteiger partial charge in [0.15, 0.2) is 0 Å². The second kappa shape index (κ2) is 6.06. The van der Waals surface area contributed by atoms with Gasteiger partial charge >= 0.3 is 0 Å². The Balaban J connectivity index is 3.02. The lowest BCUT2D eigenvalue weighted by molar-refractivity contribution is 0.368. The highest BCUT2D eigenvalue weighted by Gasteiger charge is 2.41. The van der Waals surface area contributed by atoms with Crippen molar-refractivity contribution in [3.8, 4) is 0 Å². The lowest BCUT2D eigenvalue weighted by Gasteiger charge is -2.37. The van der Waals surface area contributed by atoms with Crippen LogP contribution in [0.1, 0.15) is 65.7 Å². The van der Waals surface area contributed by atoms with Crippen molar-refractivity contribution in [3.63, 3.8) is 0 Å². The van der Waals surface area contributed by atoms with Gasteiger partial charge in [-0.05, 0) is 33.6 Å². The summed E-state index contributed by atoms with van der Waals surface area (Å²) in [6.45, 7) is 5.06. The van der Waals surface area contributed by atoms with Crippen LogP contribution in [0, 0.1) is 0 Å². The highest BCUT2D eigenvalue weighted by atomic mass is 32.2. The van der Waals surface area contributed by atoms with Gasteiger partial charge in [-0.1, -0.05) is 44.3 Å². The summed E-state index contributed by atoms with van der Waals surface area (Å²) in [6.07, 6.45) is 6.77. The molecule has 1 aliphatic carbocycles. The fourth-order valence-corrected chi connectivity index (χ4v) is 3.77. The van der Waals surface area contributed by atoms with Crippen molar-refractivity contribution in [2.24, 2.45) is 5.73 Å². The molecule has 0 spiro atoms. The van der Waals surface area contributed by atoms with Crippen molar-refractivity contribution in [3.05, 3.63) is 0 Å². The van der Waals surface area contributed by atoms with Crippen molar-refractivity contribution in [1.82, 2.24) is 4.72 Å². The Labute approximate surface area is 122 Å². The number of hydrogen-bond donors (Lipinski definition) is 2. The Bertz CT molecular complexity index is 416. The largest absolute Gasteiger partial charge is 0.392 e. The molecule has 0 aliphatic heterocycles. The van der Waals surface area contributed by atoms with Gasteiger partial charge in [-0.25, -0.2) is 13.1 Å². The molecule has 1 saturated carbocycles. The van der Waals surface area contributed by atoms with E-state index in [2.05, 4.69) is 4.72 Å². The van der Waals surface area contributed by atoms with Crippen LogP contribution in [0.5, 0.6) is 0 Å². The minimum absolute atomic E-state index is 0.280. The summed E-state index contributed by atoms with van der Waals surface area (Å²) < 4.78 is 26.8. The summed E-state index contributed by atoms with van der Waals surface area (Å²) in [5.41, 5.74) is 5.14. The molecule has 0 saturated heterocycles. The number of nitrogens with one attached hydrogen (secondary N) is 1. The van der Waals surface area contributed by atoms with Gasteiger partial charge in [0.2, 0.25) is 10.0 Å². The summed E-state index contributed by atoms with van der Waals surface area (Å²) in [4.78, 5) is 0.280. The topological polar surface area (TPSA) is 72.2 Å². The Morgan fingerprint density at radius 2 is 1.53 bits per heavy atom. The average molecular weight is 306 g/mol. The van der Waals surface area contributed by atoms with E-state index >= 15 is 0 Å². The number of sulfonamides is 1. The fourth-order valence-electron chi connectivity index (χ4n) is 2.32. The van der Waals surface area contributed by atoms with Crippen LogP contribution in [-0.4, -0.2) is 23.7 Å². The minimum atomic E-state index is -3.45. The highest BCUT2D eigenvalue weighted by Crippen LogP contribution is 2.29. The Morgan fingerprint density at radius 1 is 1.11 bits per heavy atom. The van der Waals surface area contributed by atoms with Gasteiger partial charge in [0.05, 0.1) is 15.3 Å². The predicted molar refractivity (Wildman–Crippen MR) is 83.6 cm³/mol. The maximum Gasteiger partial charge on any atom is 0.217 e. The Kier molecular flexibility index (Phi) is 5.37. The zero-order valence-electron chi connectivity index (χ0n) is 12.2. The smallest absolute Gasteiger partial charge is 0.217 e. The molecule has 6 heteroatoms. The molecule has 1 fully saturated rings. The van der Waals surface area contributed by atoms with Gasteiger partial charge < -0.3 is 5.73 Å². The van der Waals surface area contributed by atoms with Gasteiger partial charge in [0, 0.05) is 0 Å². The second-order valence-corrected chi connectivity index (χ2v) is 9.31. The molecule has 0 aromatic rings. The number of thiocarbonyl (C=S) groups is 1. The van der Waals surface area contributed by atoms with E-state index in [0.29, 0.717) is 12.8 Å². The van der Waals surface area contributed by atoms with E-state index in [1.54, 1.807) is 20.8 Å². The average Bonchev–Trinajstić information content (AvgIpc) is 2.19. The van der Waals surface area contributed by atoms with E-state index in [9.17, 15) is 8.42 Å². The maximum atomic E-state index is 12.4. The van der Waals surface area contributed by atoms with Crippen LogP contribution in [0.25, 0.3) is 0 Å². The van der Waals surface area contributed by atoms with Crippen molar-refractivity contribution in [2.75, 3.05) is 0 Å². The maximum absolute atomic E-state index is 12.4. The first-order valence-corrected chi connectivity index (χ1v) is 8.83. The first-order valence-electron chi connectivity index (χ1n) is 6.94. The Hall–Kier alpha value is -0.200. The molecule has 0 aromatic heterocycles. The molecule has 112 valence electrons. The summed E-state index contributed by atoms with van der Waals surface area (Å²) in [5, 5.41) is 0. The van der Waals surface area contributed by atoms with Crippen molar-refractivity contribution in [1.29, 1.82) is 0 Å². The number of hydrogen-bond acceptors (Lipinski definition) is 3. The first kappa shape index (κ1) is 16.9. The van der Waals surface area contributed by atoms with Crippen LogP contribution < -0.4 is 10.5 Å². The molecule has 0 unspecified atom stereocenters. The van der Waals surface area contributed by atoms with Crippen LogP contribution in [0.4, 0.5) is 0 Å². The molecular weight excluding hydrogens is 280 g/mol. The van der Waals surface area contributed by atoms with Gasteiger partial charge in [-0.2, -0.15) is 0 Å². The molecule has 0 atom stereocenters. The molecular formula is C13H26N2O2S2. The summed E-state index contributed by atoms with van der Waals surface area (Å²) in [5.74, 6) is 0. The molecule has 0 amide bonds. The van der Waals surface area contributed by atoms with Crippen molar-refractivity contribution >= 4 is 27.2 Å². The molecule has 0 bridgehead atoms. The molecule has 0 radical (unpaired) electrons. The molecule has 0 aromatic carbocycles. The van der Waals surface area contributed by atoms with Crippen LogP contribution >= 0.6 is 12.2 Å². The minimum Gasteiger partial charge on any atom is -0.392 e. The predicted octanol–water partition coefficient (Wildman–Crippen LogP) is 2.47. The van der Waals surface area contributed by atoms with E-state index < -0.39 is 20.3 Å². The van der Waals surface area contributed by atoms with Crippen molar-refractivity contribution in [2.45, 2.75) is 76.0 Å². The first-order chi connectivity index (χ1) is 8.61. The molecule has 1 aliphatic rings. The van der Waals surface area contributed by atoms with E-state index in [1.165, 1.54) is 6.42 Å². The monoisotopic (exact) mass is 306 g/mol.